The van der Waals surface area contributed by atoms with Crippen molar-refractivity contribution < 1.29 is 9.90 Å². The van der Waals surface area contributed by atoms with Gasteiger partial charge in [-0.25, -0.2) is 0 Å². The van der Waals surface area contributed by atoms with Crippen LogP contribution in [0.5, 0.6) is 0 Å². The Labute approximate surface area is 107 Å². The number of aliphatic hydroxyl groups is 1. The third-order valence-corrected chi connectivity index (χ3v) is 4.90. The normalized spacial score (nSPS) is 35.5. The van der Waals surface area contributed by atoms with E-state index in [1.54, 1.807) is 6.20 Å². The first-order chi connectivity index (χ1) is 8.75. The number of pyridine rings is 1. The van der Waals surface area contributed by atoms with Gasteiger partial charge in [-0.05, 0) is 49.1 Å². The van der Waals surface area contributed by atoms with E-state index in [9.17, 15) is 9.90 Å². The lowest BCUT2D eigenvalue weighted by Gasteiger charge is -2.46. The molecule has 0 aliphatic heterocycles. The van der Waals surface area contributed by atoms with Crippen LogP contribution in [0.15, 0.2) is 24.5 Å². The highest BCUT2D eigenvalue weighted by Crippen LogP contribution is 2.52. The molecule has 2 saturated carbocycles. The van der Waals surface area contributed by atoms with Crippen molar-refractivity contribution in [3.05, 3.63) is 30.1 Å². The molecule has 1 heterocycles. The van der Waals surface area contributed by atoms with Gasteiger partial charge in [0.2, 0.25) is 0 Å². The molecule has 2 fully saturated rings. The largest absolute Gasteiger partial charge is 0.395 e. The summed E-state index contributed by atoms with van der Waals surface area (Å²) in [6.45, 7) is 0.0299. The number of rotatable bonds is 2. The van der Waals surface area contributed by atoms with Gasteiger partial charge in [-0.3, -0.25) is 9.78 Å². The second-order valence-corrected chi connectivity index (χ2v) is 5.80. The summed E-state index contributed by atoms with van der Waals surface area (Å²) in [5, 5.41) is 9.59. The van der Waals surface area contributed by atoms with Crippen LogP contribution in [0.4, 0.5) is 0 Å². The molecule has 3 unspecified atom stereocenters. The van der Waals surface area contributed by atoms with Gasteiger partial charge in [0.25, 0.3) is 0 Å². The van der Waals surface area contributed by atoms with Gasteiger partial charge >= 0.3 is 0 Å². The molecule has 3 heteroatoms. The first-order valence-corrected chi connectivity index (χ1v) is 6.79. The number of fused-ring (bicyclic) bond motifs is 2. The minimum absolute atomic E-state index is 0.0299. The fraction of sp³-hybridized carbons (Fsp3) is 0.600. The monoisotopic (exact) mass is 245 g/mol. The molecule has 96 valence electrons. The molecule has 3 atom stereocenters. The maximum Gasteiger partial charge on any atom is 0.141 e. The molecule has 1 aromatic rings. The fourth-order valence-corrected chi connectivity index (χ4v) is 3.82. The molecule has 0 amide bonds. The third-order valence-electron chi connectivity index (χ3n) is 4.90. The predicted molar refractivity (Wildman–Crippen MR) is 68.1 cm³/mol. The van der Waals surface area contributed by atoms with Crippen LogP contribution in [-0.4, -0.2) is 22.5 Å². The molecular weight excluding hydrogens is 226 g/mol. The van der Waals surface area contributed by atoms with Crippen molar-refractivity contribution >= 4 is 5.78 Å². The Morgan fingerprint density at radius 2 is 2.33 bits per heavy atom. The van der Waals surface area contributed by atoms with E-state index in [1.807, 2.05) is 12.3 Å². The Kier molecular flexibility index (Phi) is 2.94. The van der Waals surface area contributed by atoms with Gasteiger partial charge in [-0.2, -0.15) is 0 Å². The highest BCUT2D eigenvalue weighted by Gasteiger charge is 2.48. The molecule has 3 nitrogen and oxygen atoms in total. The van der Waals surface area contributed by atoms with Gasteiger partial charge in [-0.1, -0.05) is 6.07 Å². The Hall–Kier alpha value is -1.22. The zero-order chi connectivity index (χ0) is 12.6. The Balaban J connectivity index is 1.85. The van der Waals surface area contributed by atoms with E-state index in [0.29, 0.717) is 18.3 Å². The van der Waals surface area contributed by atoms with Crippen molar-refractivity contribution in [2.75, 3.05) is 6.61 Å². The number of hydrogen-bond donors (Lipinski definition) is 1. The molecule has 0 spiro atoms. The van der Waals surface area contributed by atoms with Crippen molar-refractivity contribution in [2.45, 2.75) is 38.0 Å². The Morgan fingerprint density at radius 1 is 1.44 bits per heavy atom. The summed E-state index contributed by atoms with van der Waals surface area (Å²) < 4.78 is 0. The van der Waals surface area contributed by atoms with Gasteiger partial charge in [0.05, 0.1) is 12.0 Å². The second kappa shape index (κ2) is 4.47. The first kappa shape index (κ1) is 11.8. The van der Waals surface area contributed by atoms with Crippen LogP contribution in [0.3, 0.4) is 0 Å². The maximum atomic E-state index is 12.0. The van der Waals surface area contributed by atoms with Crippen LogP contribution in [0.25, 0.3) is 0 Å². The SMILES string of the molecule is O=C1CCC2CC1(CO)CCC2c1cccnc1. The van der Waals surface area contributed by atoms with Gasteiger partial charge in [-0.15, -0.1) is 0 Å². The van der Waals surface area contributed by atoms with E-state index in [1.165, 1.54) is 5.56 Å². The lowest BCUT2D eigenvalue weighted by Crippen LogP contribution is -2.45. The molecular formula is C15H19NO2. The van der Waals surface area contributed by atoms with Crippen LogP contribution < -0.4 is 0 Å². The molecule has 0 saturated heterocycles. The van der Waals surface area contributed by atoms with Crippen molar-refractivity contribution in [2.24, 2.45) is 11.3 Å². The average molecular weight is 245 g/mol. The van der Waals surface area contributed by atoms with Crippen LogP contribution >= 0.6 is 0 Å². The van der Waals surface area contributed by atoms with Crippen LogP contribution in [-0.2, 0) is 4.79 Å². The number of hydrogen-bond acceptors (Lipinski definition) is 3. The molecule has 0 aromatic carbocycles. The average Bonchev–Trinajstić information content (AvgIpc) is 2.44. The number of nitrogens with zero attached hydrogens (tertiary/aromatic N) is 1. The topological polar surface area (TPSA) is 50.2 Å². The predicted octanol–water partition coefficient (Wildman–Crippen LogP) is 2.31. The van der Waals surface area contributed by atoms with Crippen LogP contribution in [0.2, 0.25) is 0 Å². The summed E-state index contributed by atoms with van der Waals surface area (Å²) in [6, 6.07) is 4.12. The quantitative estimate of drug-likeness (QED) is 0.869. The lowest BCUT2D eigenvalue weighted by molar-refractivity contribution is -0.139. The number of aliphatic hydroxyl groups excluding tert-OH is 1. The summed E-state index contributed by atoms with van der Waals surface area (Å²) in [4.78, 5) is 16.2. The molecule has 1 N–H and O–H groups in total. The van der Waals surface area contributed by atoms with Gasteiger partial charge < -0.3 is 5.11 Å². The third kappa shape index (κ3) is 1.77. The molecule has 2 aliphatic rings. The van der Waals surface area contributed by atoms with Crippen molar-refractivity contribution in [3.63, 3.8) is 0 Å². The molecule has 2 aliphatic carbocycles. The zero-order valence-corrected chi connectivity index (χ0v) is 10.5. The van der Waals surface area contributed by atoms with E-state index < -0.39 is 5.41 Å². The highest BCUT2D eigenvalue weighted by atomic mass is 16.3. The summed E-state index contributed by atoms with van der Waals surface area (Å²) in [6.07, 6.45) is 8.06. The number of carbonyl (C=O) groups is 1. The Morgan fingerprint density at radius 3 is 3.06 bits per heavy atom. The standard InChI is InChI=1S/C15H19NO2/c17-10-15-6-5-13(12-2-1-7-16-9-12)11(8-15)3-4-14(15)18/h1-2,7,9,11,13,17H,3-6,8,10H2. The van der Waals surface area contributed by atoms with E-state index in [0.717, 1.165) is 25.7 Å². The Bertz CT molecular complexity index is 445. The van der Waals surface area contributed by atoms with E-state index in [4.69, 9.17) is 0 Å². The smallest absolute Gasteiger partial charge is 0.141 e. The van der Waals surface area contributed by atoms with Gasteiger partial charge in [0.15, 0.2) is 0 Å². The van der Waals surface area contributed by atoms with Gasteiger partial charge in [0, 0.05) is 18.8 Å². The summed E-state index contributed by atoms with van der Waals surface area (Å²) in [5.74, 6) is 1.34. The number of ketones is 1. The van der Waals surface area contributed by atoms with E-state index in [2.05, 4.69) is 11.1 Å². The molecule has 2 bridgehead atoms. The highest BCUT2D eigenvalue weighted by molar-refractivity contribution is 5.86. The summed E-state index contributed by atoms with van der Waals surface area (Å²) >= 11 is 0. The van der Waals surface area contributed by atoms with E-state index >= 15 is 0 Å². The second-order valence-electron chi connectivity index (χ2n) is 5.80. The minimum Gasteiger partial charge on any atom is -0.395 e. The lowest BCUT2D eigenvalue weighted by atomic mass is 9.57. The number of Topliss-reactive ketones (excluding diaryl/α,β-unsaturated/α-hetero) is 1. The number of aromatic nitrogens is 1. The molecule has 18 heavy (non-hydrogen) atoms. The number of carbonyl (C=O) groups excluding carboxylic acids is 1. The van der Waals surface area contributed by atoms with Crippen molar-refractivity contribution in [1.82, 2.24) is 4.98 Å². The van der Waals surface area contributed by atoms with Crippen molar-refractivity contribution in [3.8, 4) is 0 Å². The van der Waals surface area contributed by atoms with Crippen LogP contribution in [0.1, 0.15) is 43.6 Å². The molecule has 0 radical (unpaired) electrons. The molecule has 1 aromatic heterocycles. The van der Waals surface area contributed by atoms with Gasteiger partial charge in [0.1, 0.15) is 5.78 Å². The molecule has 3 rings (SSSR count). The van der Waals surface area contributed by atoms with Crippen molar-refractivity contribution in [1.29, 1.82) is 0 Å². The summed E-state index contributed by atoms with van der Waals surface area (Å²) in [7, 11) is 0. The first-order valence-electron chi connectivity index (χ1n) is 6.79. The summed E-state index contributed by atoms with van der Waals surface area (Å²) in [5.41, 5.74) is 0.880. The zero-order valence-electron chi connectivity index (χ0n) is 10.5. The maximum absolute atomic E-state index is 12.0. The van der Waals surface area contributed by atoms with E-state index in [-0.39, 0.29) is 12.4 Å². The minimum atomic E-state index is -0.415. The van der Waals surface area contributed by atoms with Crippen LogP contribution in [0, 0.1) is 11.3 Å². The fourth-order valence-electron chi connectivity index (χ4n) is 3.82.